The zero-order valence-electron chi connectivity index (χ0n) is 9.62. The molecule has 8 heteroatoms. The van der Waals surface area contributed by atoms with Crippen LogP contribution in [0.25, 0.3) is 0 Å². The third-order valence-corrected chi connectivity index (χ3v) is 4.07. The Morgan fingerprint density at radius 3 is 2.26 bits per heavy atom. The number of benzene rings is 1. The van der Waals surface area contributed by atoms with Crippen molar-refractivity contribution in [2.75, 3.05) is 5.32 Å². The first-order chi connectivity index (χ1) is 8.77. The molecule has 1 aromatic carbocycles. The Hall–Kier alpha value is -1.21. The smallest absolute Gasteiger partial charge is 0.261 e. The molecule has 0 heterocycles. The van der Waals surface area contributed by atoms with Crippen molar-refractivity contribution in [2.24, 2.45) is 5.92 Å². The topological polar surface area (TPSA) is 63.2 Å². The number of halogens is 3. The lowest BCUT2D eigenvalue weighted by atomic mass is 10.2. The van der Waals surface area contributed by atoms with Crippen molar-refractivity contribution in [2.45, 2.75) is 24.2 Å². The molecule has 1 N–H and O–H groups in total. The second-order valence-corrected chi connectivity index (χ2v) is 6.96. The van der Waals surface area contributed by atoms with E-state index >= 15 is 0 Å². The van der Waals surface area contributed by atoms with Gasteiger partial charge in [0.2, 0.25) is 5.91 Å². The van der Waals surface area contributed by atoms with Gasteiger partial charge in [0.15, 0.2) is 11.6 Å². The number of carbonyl (C=O) groups is 1. The molecule has 0 saturated heterocycles. The summed E-state index contributed by atoms with van der Waals surface area (Å²) < 4.78 is 49.1. The number of hydrogen-bond donors (Lipinski definition) is 1. The van der Waals surface area contributed by atoms with E-state index in [1.807, 2.05) is 0 Å². The first kappa shape index (κ1) is 14.2. The molecular formula is C11H10ClF2NO3S. The van der Waals surface area contributed by atoms with Gasteiger partial charge in [0, 0.05) is 17.1 Å². The maximum Gasteiger partial charge on any atom is 0.261 e. The SMILES string of the molecule is O=C(CC1CC1)Nc1c(F)cc(S(=O)(=O)Cl)cc1F. The molecule has 0 bridgehead atoms. The number of amides is 1. The number of anilines is 1. The standard InChI is InChI=1S/C11H10ClF2NO3S/c12-19(17,18)7-4-8(13)11(9(14)5-7)15-10(16)3-6-1-2-6/h4-6H,1-3H2,(H,15,16). The molecule has 104 valence electrons. The summed E-state index contributed by atoms with van der Waals surface area (Å²) in [4.78, 5) is 10.8. The van der Waals surface area contributed by atoms with Gasteiger partial charge in [0.1, 0.15) is 5.69 Å². The molecule has 0 atom stereocenters. The van der Waals surface area contributed by atoms with Gasteiger partial charge in [-0.3, -0.25) is 4.79 Å². The van der Waals surface area contributed by atoms with E-state index in [2.05, 4.69) is 5.32 Å². The van der Waals surface area contributed by atoms with Crippen molar-refractivity contribution in [1.29, 1.82) is 0 Å². The van der Waals surface area contributed by atoms with Crippen LogP contribution in [-0.4, -0.2) is 14.3 Å². The summed E-state index contributed by atoms with van der Waals surface area (Å²) in [5.74, 6) is -2.58. The van der Waals surface area contributed by atoms with Crippen molar-refractivity contribution in [1.82, 2.24) is 0 Å². The summed E-state index contributed by atoms with van der Waals surface area (Å²) in [7, 11) is 0.767. The molecule has 0 aromatic heterocycles. The fourth-order valence-corrected chi connectivity index (χ4v) is 2.34. The van der Waals surface area contributed by atoms with Crippen molar-refractivity contribution < 1.29 is 22.0 Å². The van der Waals surface area contributed by atoms with Gasteiger partial charge in [-0.1, -0.05) is 0 Å². The maximum atomic E-state index is 13.6. The molecule has 0 aliphatic heterocycles. The Morgan fingerprint density at radius 1 is 1.32 bits per heavy atom. The van der Waals surface area contributed by atoms with Crippen molar-refractivity contribution >= 4 is 31.3 Å². The van der Waals surface area contributed by atoms with Crippen LogP contribution in [0, 0.1) is 17.6 Å². The van der Waals surface area contributed by atoms with Crippen LogP contribution in [0.2, 0.25) is 0 Å². The van der Waals surface area contributed by atoms with Crippen LogP contribution >= 0.6 is 10.7 Å². The molecule has 0 unspecified atom stereocenters. The molecule has 1 fully saturated rings. The zero-order chi connectivity index (χ0) is 14.2. The van der Waals surface area contributed by atoms with Gasteiger partial charge in [-0.15, -0.1) is 0 Å². The van der Waals surface area contributed by atoms with Gasteiger partial charge < -0.3 is 5.32 Å². The van der Waals surface area contributed by atoms with Gasteiger partial charge in [-0.25, -0.2) is 17.2 Å². The predicted octanol–water partition coefficient (Wildman–Crippen LogP) is 2.63. The van der Waals surface area contributed by atoms with Crippen molar-refractivity contribution in [3.05, 3.63) is 23.8 Å². The maximum absolute atomic E-state index is 13.6. The minimum atomic E-state index is -4.22. The van der Waals surface area contributed by atoms with Crippen LogP contribution < -0.4 is 5.32 Å². The summed E-state index contributed by atoms with van der Waals surface area (Å²) in [6, 6.07) is 1.14. The molecule has 0 radical (unpaired) electrons. The number of carbonyl (C=O) groups excluding carboxylic acids is 1. The molecule has 1 aliphatic rings. The first-order valence-corrected chi connectivity index (χ1v) is 7.82. The summed E-state index contributed by atoms with van der Waals surface area (Å²) in [5, 5.41) is 2.10. The van der Waals surface area contributed by atoms with E-state index in [4.69, 9.17) is 10.7 Å². The predicted molar refractivity (Wildman–Crippen MR) is 65.4 cm³/mol. The first-order valence-electron chi connectivity index (χ1n) is 5.51. The summed E-state index contributed by atoms with van der Waals surface area (Å²) in [6.07, 6.45) is 2.07. The average Bonchev–Trinajstić information content (AvgIpc) is 3.05. The minimum Gasteiger partial charge on any atom is -0.321 e. The molecule has 19 heavy (non-hydrogen) atoms. The van der Waals surface area contributed by atoms with Crippen LogP contribution in [-0.2, 0) is 13.8 Å². The highest BCUT2D eigenvalue weighted by molar-refractivity contribution is 8.13. The Bertz CT molecular complexity index is 606. The van der Waals surface area contributed by atoms with Gasteiger partial charge >= 0.3 is 0 Å². The summed E-state index contributed by atoms with van der Waals surface area (Å²) in [6.45, 7) is 0. The average molecular weight is 310 g/mol. The van der Waals surface area contributed by atoms with E-state index < -0.39 is 37.2 Å². The third-order valence-electron chi connectivity index (χ3n) is 2.73. The monoisotopic (exact) mass is 309 g/mol. The molecule has 1 aliphatic carbocycles. The quantitative estimate of drug-likeness (QED) is 0.870. The van der Waals surface area contributed by atoms with E-state index in [9.17, 15) is 22.0 Å². The third kappa shape index (κ3) is 3.63. The van der Waals surface area contributed by atoms with Gasteiger partial charge in [0.05, 0.1) is 4.90 Å². The van der Waals surface area contributed by atoms with Crippen molar-refractivity contribution in [3.8, 4) is 0 Å². The van der Waals surface area contributed by atoms with Crippen LogP contribution in [0.1, 0.15) is 19.3 Å². The zero-order valence-corrected chi connectivity index (χ0v) is 11.2. The van der Waals surface area contributed by atoms with Crippen LogP contribution in [0.5, 0.6) is 0 Å². The lowest BCUT2D eigenvalue weighted by molar-refractivity contribution is -0.116. The Kier molecular flexibility index (Phi) is 3.78. The van der Waals surface area contributed by atoms with E-state index in [-0.39, 0.29) is 12.3 Å². The second-order valence-electron chi connectivity index (χ2n) is 4.40. The van der Waals surface area contributed by atoms with Crippen LogP contribution in [0.15, 0.2) is 17.0 Å². The minimum absolute atomic E-state index is 0.203. The Balaban J connectivity index is 2.23. The number of hydrogen-bond acceptors (Lipinski definition) is 3. The van der Waals surface area contributed by atoms with Gasteiger partial charge in [0.25, 0.3) is 9.05 Å². The molecule has 1 aromatic rings. The van der Waals surface area contributed by atoms with E-state index in [1.54, 1.807) is 0 Å². The second kappa shape index (κ2) is 5.05. The largest absolute Gasteiger partial charge is 0.321 e. The van der Waals surface area contributed by atoms with Crippen LogP contribution in [0.3, 0.4) is 0 Å². The number of nitrogens with one attached hydrogen (secondary N) is 1. The van der Waals surface area contributed by atoms with E-state index in [1.165, 1.54) is 0 Å². The Morgan fingerprint density at radius 2 is 1.84 bits per heavy atom. The highest BCUT2D eigenvalue weighted by atomic mass is 35.7. The highest BCUT2D eigenvalue weighted by Gasteiger charge is 2.26. The fourth-order valence-electron chi connectivity index (χ4n) is 1.58. The molecule has 1 amide bonds. The molecule has 0 spiro atoms. The highest BCUT2D eigenvalue weighted by Crippen LogP contribution is 2.33. The van der Waals surface area contributed by atoms with Gasteiger partial charge in [-0.05, 0) is 30.9 Å². The van der Waals surface area contributed by atoms with E-state index in [0.29, 0.717) is 12.1 Å². The lowest BCUT2D eigenvalue weighted by Crippen LogP contribution is -2.14. The van der Waals surface area contributed by atoms with Gasteiger partial charge in [-0.2, -0.15) is 0 Å². The summed E-state index contributed by atoms with van der Waals surface area (Å²) >= 11 is 0. The molecule has 4 nitrogen and oxygen atoms in total. The molecule has 1 saturated carbocycles. The normalized spacial score (nSPS) is 15.3. The molecule has 2 rings (SSSR count). The summed E-state index contributed by atoms with van der Waals surface area (Å²) in [5.41, 5.74) is -0.658. The fraction of sp³-hybridized carbons (Fsp3) is 0.364. The molecular weight excluding hydrogens is 300 g/mol. The van der Waals surface area contributed by atoms with E-state index in [0.717, 1.165) is 12.8 Å². The lowest BCUT2D eigenvalue weighted by Gasteiger charge is -2.08. The van der Waals surface area contributed by atoms with Crippen LogP contribution in [0.4, 0.5) is 14.5 Å². The number of rotatable bonds is 4. The van der Waals surface area contributed by atoms with Crippen molar-refractivity contribution in [3.63, 3.8) is 0 Å². The Labute approximate surface area is 113 Å².